The zero-order valence-electron chi connectivity index (χ0n) is 12.1. The molecule has 1 N–H and O–H groups in total. The molecule has 0 aromatic carbocycles. The van der Waals surface area contributed by atoms with Crippen LogP contribution in [-0.2, 0) is 14.3 Å². The highest BCUT2D eigenvalue weighted by Gasteiger charge is 2.38. The highest BCUT2D eigenvalue weighted by atomic mass is 16.5. The van der Waals surface area contributed by atoms with Gasteiger partial charge in [-0.1, -0.05) is 0 Å². The molecule has 1 atom stereocenters. The van der Waals surface area contributed by atoms with Crippen molar-refractivity contribution < 1.29 is 14.3 Å². The van der Waals surface area contributed by atoms with Gasteiger partial charge in [-0.15, -0.1) is 0 Å². The van der Waals surface area contributed by atoms with Crippen LogP contribution in [0.5, 0.6) is 0 Å². The van der Waals surface area contributed by atoms with Gasteiger partial charge in [0.25, 0.3) is 0 Å². The molecule has 0 bridgehead atoms. The highest BCUT2D eigenvalue weighted by Crippen LogP contribution is 2.25. The predicted molar refractivity (Wildman–Crippen MR) is 73.1 cm³/mol. The van der Waals surface area contributed by atoms with E-state index in [1.807, 2.05) is 6.92 Å². The number of morpholine rings is 1. The third-order valence-electron chi connectivity index (χ3n) is 3.99. The third kappa shape index (κ3) is 4.44. The molecule has 1 saturated heterocycles. The van der Waals surface area contributed by atoms with Crippen molar-refractivity contribution in [1.82, 2.24) is 10.2 Å². The summed E-state index contributed by atoms with van der Waals surface area (Å²) in [5.41, 5.74) is -0.526. The first-order valence-electron chi connectivity index (χ1n) is 7.30. The SMILES string of the molecule is COC(=O)C(C)(CCCN1CCOCC1)NC1CC1. The van der Waals surface area contributed by atoms with E-state index in [1.165, 1.54) is 20.0 Å². The van der Waals surface area contributed by atoms with Crippen molar-refractivity contribution in [2.24, 2.45) is 0 Å². The van der Waals surface area contributed by atoms with Crippen LogP contribution in [0.4, 0.5) is 0 Å². The van der Waals surface area contributed by atoms with Crippen LogP contribution >= 0.6 is 0 Å². The van der Waals surface area contributed by atoms with Crippen molar-refractivity contribution in [3.8, 4) is 0 Å². The molecular weight excluding hydrogens is 244 g/mol. The average Bonchev–Trinajstić information content (AvgIpc) is 3.22. The van der Waals surface area contributed by atoms with Gasteiger partial charge in [0, 0.05) is 19.1 Å². The molecule has 19 heavy (non-hydrogen) atoms. The van der Waals surface area contributed by atoms with Crippen LogP contribution in [0.15, 0.2) is 0 Å². The summed E-state index contributed by atoms with van der Waals surface area (Å²) < 4.78 is 10.3. The zero-order valence-corrected chi connectivity index (χ0v) is 12.1. The van der Waals surface area contributed by atoms with Crippen molar-refractivity contribution in [2.75, 3.05) is 40.0 Å². The maximum Gasteiger partial charge on any atom is 0.325 e. The second-order valence-electron chi connectivity index (χ2n) is 5.80. The zero-order chi connectivity index (χ0) is 13.7. The van der Waals surface area contributed by atoms with E-state index in [-0.39, 0.29) is 5.97 Å². The molecule has 0 aromatic rings. The summed E-state index contributed by atoms with van der Waals surface area (Å²) in [6.45, 7) is 6.66. The van der Waals surface area contributed by atoms with Crippen LogP contribution in [0.25, 0.3) is 0 Å². The second kappa shape index (κ2) is 6.68. The minimum Gasteiger partial charge on any atom is -0.468 e. The number of ether oxygens (including phenoxy) is 2. The Morgan fingerprint density at radius 3 is 2.68 bits per heavy atom. The Hall–Kier alpha value is -0.650. The van der Waals surface area contributed by atoms with Crippen LogP contribution < -0.4 is 5.32 Å². The Morgan fingerprint density at radius 2 is 2.11 bits per heavy atom. The molecule has 1 aliphatic heterocycles. The van der Waals surface area contributed by atoms with E-state index in [9.17, 15) is 4.79 Å². The lowest BCUT2D eigenvalue weighted by atomic mass is 9.95. The number of methoxy groups -OCH3 is 1. The Balaban J connectivity index is 1.76. The van der Waals surface area contributed by atoms with Gasteiger partial charge in [0.2, 0.25) is 0 Å². The molecule has 2 rings (SSSR count). The summed E-state index contributed by atoms with van der Waals surface area (Å²) in [4.78, 5) is 14.4. The molecule has 1 heterocycles. The first-order valence-corrected chi connectivity index (χ1v) is 7.30. The minimum atomic E-state index is -0.526. The van der Waals surface area contributed by atoms with Crippen molar-refractivity contribution in [1.29, 1.82) is 0 Å². The summed E-state index contributed by atoms with van der Waals surface area (Å²) in [5, 5.41) is 3.44. The quantitative estimate of drug-likeness (QED) is 0.693. The maximum absolute atomic E-state index is 12.0. The smallest absolute Gasteiger partial charge is 0.325 e. The number of hydrogen-bond donors (Lipinski definition) is 1. The number of hydrogen-bond acceptors (Lipinski definition) is 5. The van der Waals surface area contributed by atoms with Gasteiger partial charge in [0.1, 0.15) is 5.54 Å². The molecule has 2 aliphatic rings. The number of nitrogens with one attached hydrogen (secondary N) is 1. The summed E-state index contributed by atoms with van der Waals surface area (Å²) in [7, 11) is 1.47. The van der Waals surface area contributed by atoms with Crippen LogP contribution in [0.1, 0.15) is 32.6 Å². The van der Waals surface area contributed by atoms with Gasteiger partial charge in [0.05, 0.1) is 20.3 Å². The number of carbonyl (C=O) groups is 1. The van der Waals surface area contributed by atoms with E-state index < -0.39 is 5.54 Å². The van der Waals surface area contributed by atoms with Crippen LogP contribution in [-0.4, -0.2) is 62.4 Å². The van der Waals surface area contributed by atoms with E-state index in [4.69, 9.17) is 9.47 Å². The van der Waals surface area contributed by atoms with Gasteiger partial charge < -0.3 is 9.47 Å². The van der Waals surface area contributed by atoms with Gasteiger partial charge in [-0.2, -0.15) is 0 Å². The lowest BCUT2D eigenvalue weighted by Crippen LogP contribution is -2.51. The maximum atomic E-state index is 12.0. The molecule has 1 unspecified atom stereocenters. The number of carbonyl (C=O) groups excluding carboxylic acids is 1. The normalized spacial score (nSPS) is 23.9. The van der Waals surface area contributed by atoms with Crippen molar-refractivity contribution in [3.63, 3.8) is 0 Å². The van der Waals surface area contributed by atoms with Gasteiger partial charge >= 0.3 is 5.97 Å². The molecule has 0 aromatic heterocycles. The topological polar surface area (TPSA) is 50.8 Å². The summed E-state index contributed by atoms with van der Waals surface area (Å²) >= 11 is 0. The van der Waals surface area contributed by atoms with Crippen molar-refractivity contribution in [3.05, 3.63) is 0 Å². The highest BCUT2D eigenvalue weighted by molar-refractivity contribution is 5.80. The summed E-state index contributed by atoms with van der Waals surface area (Å²) in [6.07, 6.45) is 4.19. The second-order valence-corrected chi connectivity index (χ2v) is 5.80. The Kier molecular flexibility index (Phi) is 5.19. The lowest BCUT2D eigenvalue weighted by Gasteiger charge is -2.31. The molecule has 0 radical (unpaired) electrons. The molecule has 2 fully saturated rings. The van der Waals surface area contributed by atoms with Crippen molar-refractivity contribution >= 4 is 5.97 Å². The first kappa shape index (κ1) is 14.8. The van der Waals surface area contributed by atoms with Gasteiger partial charge in [-0.05, 0) is 39.2 Å². The predicted octanol–water partition coefficient (Wildman–Crippen LogP) is 0.783. The molecule has 0 amide bonds. The van der Waals surface area contributed by atoms with E-state index in [2.05, 4.69) is 10.2 Å². The Labute approximate surface area is 115 Å². The number of nitrogens with zero attached hydrogens (tertiary/aromatic N) is 1. The molecule has 5 nitrogen and oxygen atoms in total. The molecule has 5 heteroatoms. The fourth-order valence-corrected chi connectivity index (χ4v) is 2.62. The van der Waals surface area contributed by atoms with E-state index in [1.54, 1.807) is 0 Å². The molecule has 1 saturated carbocycles. The molecule has 0 spiro atoms. The molecular formula is C14H26N2O3. The van der Waals surface area contributed by atoms with Crippen LogP contribution in [0.3, 0.4) is 0 Å². The van der Waals surface area contributed by atoms with Gasteiger partial charge in [-0.3, -0.25) is 15.0 Å². The van der Waals surface area contributed by atoms with E-state index in [0.29, 0.717) is 6.04 Å². The summed E-state index contributed by atoms with van der Waals surface area (Å²) in [6, 6.07) is 0.507. The largest absolute Gasteiger partial charge is 0.468 e. The first-order chi connectivity index (χ1) is 9.14. The third-order valence-corrected chi connectivity index (χ3v) is 3.99. The molecule has 110 valence electrons. The van der Waals surface area contributed by atoms with Crippen LogP contribution in [0.2, 0.25) is 0 Å². The van der Waals surface area contributed by atoms with Crippen molar-refractivity contribution in [2.45, 2.75) is 44.2 Å². The molecule has 1 aliphatic carbocycles. The monoisotopic (exact) mass is 270 g/mol. The van der Waals surface area contributed by atoms with E-state index in [0.717, 1.165) is 45.7 Å². The standard InChI is InChI=1S/C14H26N2O3/c1-14(13(17)18-2,15-12-4-5-12)6-3-7-16-8-10-19-11-9-16/h12,15H,3-11H2,1-2H3. The number of esters is 1. The Bertz CT molecular complexity index is 301. The van der Waals surface area contributed by atoms with E-state index >= 15 is 0 Å². The van der Waals surface area contributed by atoms with Gasteiger partial charge in [-0.25, -0.2) is 0 Å². The Morgan fingerprint density at radius 1 is 1.42 bits per heavy atom. The fourth-order valence-electron chi connectivity index (χ4n) is 2.62. The number of rotatable bonds is 7. The van der Waals surface area contributed by atoms with Gasteiger partial charge in [0.15, 0.2) is 0 Å². The van der Waals surface area contributed by atoms with Crippen LogP contribution in [0, 0.1) is 0 Å². The fraction of sp³-hybridized carbons (Fsp3) is 0.929. The summed E-state index contributed by atoms with van der Waals surface area (Å²) in [5.74, 6) is -0.138. The lowest BCUT2D eigenvalue weighted by molar-refractivity contribution is -0.148. The average molecular weight is 270 g/mol. The minimum absolute atomic E-state index is 0.138.